The quantitative estimate of drug-likeness (QED) is 0.907. The first-order valence-corrected chi connectivity index (χ1v) is 7.91. The standard InChI is InChI=1S/C14H14FN3O2S/c15-12-5-3-7-17-14(12)21(19,20)18-9-11(16)8-10-4-1-2-6-13(10)18/h1-7,11H,8-9,16H2. The molecule has 110 valence electrons. The molecule has 0 fully saturated rings. The molecule has 7 heteroatoms. The summed E-state index contributed by atoms with van der Waals surface area (Å²) in [6.07, 6.45) is 1.85. The number of nitrogens with zero attached hydrogens (tertiary/aromatic N) is 2. The zero-order chi connectivity index (χ0) is 15.0. The number of hydrogen-bond acceptors (Lipinski definition) is 4. The number of nitrogens with two attached hydrogens (primary N) is 1. The third kappa shape index (κ3) is 2.38. The molecule has 3 rings (SSSR count). The summed E-state index contributed by atoms with van der Waals surface area (Å²) in [6, 6.07) is 9.18. The molecule has 0 aliphatic carbocycles. The van der Waals surface area contributed by atoms with Crippen LogP contribution in [0.5, 0.6) is 0 Å². The molecule has 1 aliphatic heterocycles. The Bertz CT molecular complexity index is 779. The van der Waals surface area contributed by atoms with Gasteiger partial charge in [-0.05, 0) is 30.2 Å². The minimum absolute atomic E-state index is 0.107. The average molecular weight is 307 g/mol. The maximum atomic E-state index is 13.8. The van der Waals surface area contributed by atoms with Crippen LogP contribution in [0.15, 0.2) is 47.6 Å². The normalized spacial score (nSPS) is 18.4. The molecular formula is C14H14FN3O2S. The molecule has 2 N–H and O–H groups in total. The van der Waals surface area contributed by atoms with Gasteiger partial charge in [-0.25, -0.2) is 9.37 Å². The zero-order valence-electron chi connectivity index (χ0n) is 11.1. The van der Waals surface area contributed by atoms with Crippen LogP contribution in [0.2, 0.25) is 0 Å². The van der Waals surface area contributed by atoms with Gasteiger partial charge in [0.15, 0.2) is 5.82 Å². The smallest absolute Gasteiger partial charge is 0.284 e. The van der Waals surface area contributed by atoms with Gasteiger partial charge in [0, 0.05) is 18.8 Å². The van der Waals surface area contributed by atoms with Crippen molar-refractivity contribution in [3.8, 4) is 0 Å². The number of sulfonamides is 1. The van der Waals surface area contributed by atoms with Gasteiger partial charge in [0.1, 0.15) is 0 Å². The first-order chi connectivity index (χ1) is 10.00. The van der Waals surface area contributed by atoms with Crippen molar-refractivity contribution in [2.75, 3.05) is 10.8 Å². The molecular weight excluding hydrogens is 293 g/mol. The molecule has 1 aliphatic rings. The van der Waals surface area contributed by atoms with Crippen LogP contribution in [0, 0.1) is 5.82 Å². The van der Waals surface area contributed by atoms with Crippen molar-refractivity contribution in [1.82, 2.24) is 4.98 Å². The lowest BCUT2D eigenvalue weighted by atomic mass is 10.0. The van der Waals surface area contributed by atoms with Crippen molar-refractivity contribution in [2.24, 2.45) is 5.73 Å². The second-order valence-corrected chi connectivity index (χ2v) is 6.70. The molecule has 21 heavy (non-hydrogen) atoms. The number of fused-ring (bicyclic) bond motifs is 1. The summed E-state index contributed by atoms with van der Waals surface area (Å²) >= 11 is 0. The van der Waals surface area contributed by atoms with Crippen LogP contribution in [0.1, 0.15) is 5.56 Å². The van der Waals surface area contributed by atoms with Crippen molar-refractivity contribution >= 4 is 15.7 Å². The summed E-state index contributed by atoms with van der Waals surface area (Å²) in [4.78, 5) is 3.68. The summed E-state index contributed by atoms with van der Waals surface area (Å²) in [5.41, 5.74) is 7.29. The van der Waals surface area contributed by atoms with Crippen LogP contribution in [0.4, 0.5) is 10.1 Å². The predicted octanol–water partition coefficient (Wildman–Crippen LogP) is 1.30. The topological polar surface area (TPSA) is 76.3 Å². The lowest BCUT2D eigenvalue weighted by Gasteiger charge is -2.33. The fourth-order valence-corrected chi connectivity index (χ4v) is 4.02. The van der Waals surface area contributed by atoms with Gasteiger partial charge in [-0.3, -0.25) is 4.31 Å². The Labute approximate surface area is 122 Å². The second kappa shape index (κ2) is 5.09. The van der Waals surface area contributed by atoms with Gasteiger partial charge in [0.25, 0.3) is 10.0 Å². The number of pyridine rings is 1. The Hall–Kier alpha value is -1.99. The molecule has 1 atom stereocenters. The lowest BCUT2D eigenvalue weighted by molar-refractivity contribution is 0.543. The molecule has 1 aromatic carbocycles. The van der Waals surface area contributed by atoms with Crippen molar-refractivity contribution in [3.63, 3.8) is 0 Å². The summed E-state index contributed by atoms with van der Waals surface area (Å²) in [5, 5.41) is -0.575. The van der Waals surface area contributed by atoms with Gasteiger partial charge in [-0.1, -0.05) is 18.2 Å². The fourth-order valence-electron chi connectivity index (χ4n) is 2.48. The number of benzene rings is 1. The number of hydrogen-bond donors (Lipinski definition) is 1. The maximum absolute atomic E-state index is 13.8. The molecule has 0 saturated carbocycles. The van der Waals surface area contributed by atoms with Crippen molar-refractivity contribution in [3.05, 3.63) is 54.0 Å². The molecule has 2 aromatic rings. The van der Waals surface area contributed by atoms with E-state index in [0.29, 0.717) is 12.1 Å². The van der Waals surface area contributed by atoms with Gasteiger partial charge < -0.3 is 5.73 Å². The highest BCUT2D eigenvalue weighted by molar-refractivity contribution is 7.92. The number of para-hydroxylation sites is 1. The summed E-state index contributed by atoms with van der Waals surface area (Å²) in [7, 11) is -4.07. The third-order valence-corrected chi connectivity index (χ3v) is 5.12. The van der Waals surface area contributed by atoms with Crippen LogP contribution in [-0.2, 0) is 16.4 Å². The van der Waals surface area contributed by atoms with E-state index in [9.17, 15) is 12.8 Å². The monoisotopic (exact) mass is 307 g/mol. The fraction of sp³-hybridized carbons (Fsp3) is 0.214. The van der Waals surface area contributed by atoms with Gasteiger partial charge >= 0.3 is 0 Å². The molecule has 1 aromatic heterocycles. The van der Waals surface area contributed by atoms with Crippen LogP contribution in [-0.4, -0.2) is 26.0 Å². The minimum atomic E-state index is -4.07. The van der Waals surface area contributed by atoms with Crippen molar-refractivity contribution in [2.45, 2.75) is 17.5 Å². The first kappa shape index (κ1) is 14.0. The van der Waals surface area contributed by atoms with E-state index in [-0.39, 0.29) is 12.6 Å². The summed E-state index contributed by atoms with van der Waals surface area (Å²) in [6.45, 7) is 0.107. The highest BCUT2D eigenvalue weighted by atomic mass is 32.2. The number of aromatic nitrogens is 1. The summed E-state index contributed by atoms with van der Waals surface area (Å²) < 4.78 is 40.3. The van der Waals surface area contributed by atoms with E-state index >= 15 is 0 Å². The Kier molecular flexibility index (Phi) is 3.38. The Balaban J connectivity index is 2.14. The number of rotatable bonds is 2. The van der Waals surface area contributed by atoms with E-state index in [1.54, 1.807) is 12.1 Å². The summed E-state index contributed by atoms with van der Waals surface area (Å²) in [5.74, 6) is -0.867. The molecule has 5 nitrogen and oxygen atoms in total. The Morgan fingerprint density at radius 3 is 2.76 bits per heavy atom. The molecule has 0 radical (unpaired) electrons. The van der Waals surface area contributed by atoms with Crippen molar-refractivity contribution < 1.29 is 12.8 Å². The van der Waals surface area contributed by atoms with Gasteiger partial charge in [0.2, 0.25) is 5.03 Å². The highest BCUT2D eigenvalue weighted by Crippen LogP contribution is 2.31. The largest absolute Gasteiger partial charge is 0.326 e. The zero-order valence-corrected chi connectivity index (χ0v) is 11.9. The molecule has 2 heterocycles. The first-order valence-electron chi connectivity index (χ1n) is 6.47. The molecule has 0 spiro atoms. The molecule has 0 amide bonds. The SMILES string of the molecule is NC1Cc2ccccc2N(S(=O)(=O)c2ncccc2F)C1. The van der Waals surface area contributed by atoms with E-state index in [4.69, 9.17) is 5.73 Å². The molecule has 0 bridgehead atoms. The minimum Gasteiger partial charge on any atom is -0.326 e. The van der Waals surface area contributed by atoms with Crippen LogP contribution in [0.25, 0.3) is 0 Å². The van der Waals surface area contributed by atoms with Gasteiger partial charge in [-0.2, -0.15) is 8.42 Å². The van der Waals surface area contributed by atoms with Crippen LogP contribution >= 0.6 is 0 Å². The van der Waals surface area contributed by atoms with Gasteiger partial charge in [0.05, 0.1) is 5.69 Å². The second-order valence-electron chi connectivity index (χ2n) is 4.92. The van der Waals surface area contributed by atoms with Gasteiger partial charge in [-0.15, -0.1) is 0 Å². The van der Waals surface area contributed by atoms with E-state index in [0.717, 1.165) is 15.9 Å². The van der Waals surface area contributed by atoms with E-state index in [2.05, 4.69) is 4.98 Å². The van der Waals surface area contributed by atoms with Crippen LogP contribution in [0.3, 0.4) is 0 Å². The molecule has 0 saturated heterocycles. The Morgan fingerprint density at radius 1 is 1.24 bits per heavy atom. The highest BCUT2D eigenvalue weighted by Gasteiger charge is 2.34. The van der Waals surface area contributed by atoms with E-state index in [1.807, 2.05) is 12.1 Å². The third-order valence-electron chi connectivity index (χ3n) is 3.40. The Morgan fingerprint density at radius 2 is 2.00 bits per heavy atom. The number of halogens is 1. The predicted molar refractivity (Wildman–Crippen MR) is 76.8 cm³/mol. The number of anilines is 1. The lowest BCUT2D eigenvalue weighted by Crippen LogP contribution is -2.46. The van der Waals surface area contributed by atoms with Crippen LogP contribution < -0.4 is 10.0 Å². The maximum Gasteiger partial charge on any atom is 0.284 e. The molecule has 1 unspecified atom stereocenters. The van der Waals surface area contributed by atoms with E-state index < -0.39 is 20.9 Å². The van der Waals surface area contributed by atoms with Crippen molar-refractivity contribution in [1.29, 1.82) is 0 Å². The average Bonchev–Trinajstić information content (AvgIpc) is 2.46. The van der Waals surface area contributed by atoms with E-state index in [1.165, 1.54) is 12.3 Å².